The number of carbonyl (C=O) groups excluding carboxylic acids is 8. The monoisotopic (exact) mass is 1580 g/mol. The number of rotatable bonds is 0. The van der Waals surface area contributed by atoms with Gasteiger partial charge in [0.1, 0.15) is 69.0 Å². The molecule has 28 aliphatic heterocycles. The molecule has 0 spiro atoms. The molecule has 8 amide bonds. The van der Waals surface area contributed by atoms with Crippen LogP contribution in [-0.2, 0) is 26.2 Å². The van der Waals surface area contributed by atoms with Gasteiger partial charge in [-0.25, -0.2) is 0 Å². The van der Waals surface area contributed by atoms with Crippen LogP contribution in [0.15, 0.2) is 218 Å². The quantitative estimate of drug-likeness (QED) is 0.0782. The third-order valence-corrected chi connectivity index (χ3v) is 24.6. The number of fused-ring (bicyclic) bond motifs is 14. The Hall–Kier alpha value is -14.9. The van der Waals surface area contributed by atoms with Crippen molar-refractivity contribution < 1.29 is 76.3 Å². The van der Waals surface area contributed by atoms with Gasteiger partial charge in [0.05, 0.1) is 74.9 Å². The van der Waals surface area contributed by atoms with Crippen LogP contribution >= 0.6 is 0 Å². The topological polar surface area (TPSA) is 223 Å². The largest absolute Gasteiger partial charge is 0.493 e. The molecule has 44 rings (SSSR count). The molecule has 28 heterocycles. The molecule has 0 N–H and O–H groups in total. The van der Waals surface area contributed by atoms with Crippen LogP contribution in [0.4, 0.5) is 0 Å². The Labute approximate surface area is 683 Å². The van der Waals surface area contributed by atoms with Crippen molar-refractivity contribution in [3.63, 3.8) is 0 Å². The van der Waals surface area contributed by atoms with Crippen molar-refractivity contribution in [2.75, 3.05) is 26.4 Å². The minimum absolute atomic E-state index is 0.171. The fourth-order valence-corrected chi connectivity index (χ4v) is 19.0. The molecule has 0 aliphatic carbocycles. The molecule has 0 saturated heterocycles. The summed E-state index contributed by atoms with van der Waals surface area (Å²) in [6.45, 7) is 1.02. The van der Waals surface area contributed by atoms with E-state index in [1.54, 1.807) is 146 Å². The number of hydrogen-bond donors (Lipinski definition) is 0. The summed E-state index contributed by atoms with van der Waals surface area (Å²) in [7, 11) is 0. The number of nitrogens with zero attached hydrogens (tertiary/aromatic N) is 4. The fraction of sp³-hybridized carbons (Fsp3) is 0.160. The highest BCUT2D eigenvalue weighted by Crippen LogP contribution is 2.57. The van der Waals surface area contributed by atoms with Gasteiger partial charge in [-0.2, -0.15) is 0 Å². The molecule has 20 heteroatoms. The van der Waals surface area contributed by atoms with E-state index in [1.807, 2.05) is 72.8 Å². The lowest BCUT2D eigenvalue weighted by Gasteiger charge is -2.32. The second-order valence-electron chi connectivity index (χ2n) is 31.8. The molecular weight excluding hydrogens is 1510 g/mol. The second-order valence-corrected chi connectivity index (χ2v) is 31.8. The second kappa shape index (κ2) is 27.4. The summed E-state index contributed by atoms with van der Waals surface area (Å²) in [5, 5.41) is 7.58. The van der Waals surface area contributed by atoms with Gasteiger partial charge in [0.2, 0.25) is 0 Å². The normalized spacial score (nSPS) is 16.4. The van der Waals surface area contributed by atoms with E-state index in [1.165, 1.54) is 19.6 Å². The molecule has 0 saturated carbocycles. The summed E-state index contributed by atoms with van der Waals surface area (Å²) in [5.74, 6) is 0.0409. The zero-order valence-corrected chi connectivity index (χ0v) is 64.4. The zero-order chi connectivity index (χ0) is 80.4. The molecule has 120 heavy (non-hydrogen) atoms. The first-order chi connectivity index (χ1) is 58.8. The van der Waals surface area contributed by atoms with Gasteiger partial charge in [0.15, 0.2) is 0 Å². The summed E-state index contributed by atoms with van der Waals surface area (Å²) in [6, 6.07) is 64.0. The predicted octanol–water partition coefficient (Wildman–Crippen LogP) is 21.1. The molecular formula is C100H68N4O16. The summed E-state index contributed by atoms with van der Waals surface area (Å²) in [6.07, 6.45) is 6.75. The van der Waals surface area contributed by atoms with E-state index in [-0.39, 0.29) is 93.7 Å². The molecule has 16 aromatic rings. The Morgan fingerprint density at radius 1 is 0.192 bits per heavy atom. The zero-order valence-electron chi connectivity index (χ0n) is 64.4. The van der Waals surface area contributed by atoms with Crippen molar-refractivity contribution in [3.8, 4) is 69.0 Å². The maximum Gasteiger partial charge on any atom is 0.261 e. The van der Waals surface area contributed by atoms with Crippen LogP contribution < -0.4 is 37.9 Å². The number of amides is 8. The lowest BCUT2D eigenvalue weighted by molar-refractivity contribution is 0.0581. The molecule has 0 aromatic heterocycles. The van der Waals surface area contributed by atoms with Gasteiger partial charge in [0, 0.05) is 111 Å². The maximum atomic E-state index is 15.9. The van der Waals surface area contributed by atoms with Crippen LogP contribution in [0.25, 0.3) is 86.2 Å². The van der Waals surface area contributed by atoms with E-state index >= 15 is 38.4 Å². The van der Waals surface area contributed by atoms with E-state index in [4.69, 9.17) is 37.9 Å². The van der Waals surface area contributed by atoms with E-state index in [2.05, 4.69) is 0 Å². The molecule has 0 atom stereocenters. The molecule has 584 valence electrons. The number of ether oxygens (including phenoxy) is 8. The van der Waals surface area contributed by atoms with Gasteiger partial charge in [0.25, 0.3) is 47.3 Å². The van der Waals surface area contributed by atoms with E-state index in [0.29, 0.717) is 181 Å². The molecule has 44 bridgehead atoms. The van der Waals surface area contributed by atoms with Crippen molar-refractivity contribution >= 4 is 133 Å². The average molecular weight is 1580 g/mol. The Bertz CT molecular complexity index is 6420. The predicted molar refractivity (Wildman–Crippen MR) is 450 cm³/mol. The highest BCUT2D eigenvalue weighted by Gasteiger charge is 2.43. The Kier molecular flexibility index (Phi) is 16.1. The molecule has 28 aliphatic rings. The first-order valence-electron chi connectivity index (χ1n) is 40.6. The molecule has 16 aromatic carbocycles. The Morgan fingerprint density at radius 2 is 0.400 bits per heavy atom. The van der Waals surface area contributed by atoms with E-state index < -0.39 is 47.3 Å². The molecule has 20 nitrogen and oxygen atoms in total. The lowest BCUT2D eigenvalue weighted by Crippen LogP contribution is -2.40. The van der Waals surface area contributed by atoms with E-state index in [9.17, 15) is 0 Å². The van der Waals surface area contributed by atoms with E-state index in [0.717, 1.165) is 51.4 Å². The minimum Gasteiger partial charge on any atom is -0.493 e. The van der Waals surface area contributed by atoms with Crippen LogP contribution in [0.3, 0.4) is 0 Å². The first kappa shape index (κ1) is 70.5. The van der Waals surface area contributed by atoms with Crippen LogP contribution in [0.2, 0.25) is 0 Å². The smallest absolute Gasteiger partial charge is 0.261 e. The summed E-state index contributed by atoms with van der Waals surface area (Å²) in [4.78, 5) is 131. The average Bonchev–Trinajstić information content (AvgIpc) is 0.683. The van der Waals surface area contributed by atoms with Gasteiger partial charge in [-0.3, -0.25) is 58.0 Å². The number of carbonyl (C=O) groups is 8. The van der Waals surface area contributed by atoms with Crippen LogP contribution in [-0.4, -0.2) is 93.3 Å². The fourth-order valence-electron chi connectivity index (χ4n) is 19.0. The third kappa shape index (κ3) is 11.1. The molecule has 0 radical (unpaired) electrons. The van der Waals surface area contributed by atoms with Gasteiger partial charge < -0.3 is 37.9 Å². The lowest BCUT2D eigenvalue weighted by atomic mass is 9.81. The first-order valence-corrected chi connectivity index (χ1v) is 40.6. The van der Waals surface area contributed by atoms with Gasteiger partial charge in [-0.1, -0.05) is 97.1 Å². The van der Waals surface area contributed by atoms with Crippen molar-refractivity contribution in [1.29, 1.82) is 0 Å². The number of imide groups is 4. The minimum atomic E-state index is -0.606. The van der Waals surface area contributed by atoms with Crippen LogP contribution in [0, 0.1) is 0 Å². The maximum absolute atomic E-state index is 15.9. The summed E-state index contributed by atoms with van der Waals surface area (Å²) in [5.41, 5.74) is 3.85. The Balaban J connectivity index is 0.719. The van der Waals surface area contributed by atoms with Gasteiger partial charge >= 0.3 is 0 Å². The van der Waals surface area contributed by atoms with Crippen molar-refractivity contribution in [2.24, 2.45) is 0 Å². The standard InChI is InChI=1S/C100H68N4O16/c105-93-69-34-30-66-86-78-46-74-82-70-33-29-65(90(82)86)85-77(117-61-17-9-13-57(41-61)113-37-5-1-2-6-38-114-58-14-10-18-62(42-58)118-78)45-73(81(69)89(66)85)97(109)101(93)49-53-21-23-55(24-22-53)51-103-95(107)71-35-31-67-88-80-48-76-84-72(96(108)104(100(76)112)52-56-27-25-54(26-28-56)50-102(94(70)106)98(74)110)36-32-68(92(84)88)87-79(47-75(99(103)111)83(71)91(67)87)119-63-19-11-15-59(43-63)115-39-7-3-4-8-40-116-60-16-12-20-64(44-60)120-80/h9-36,41-48H,1-8,37-40,49-52H2. The highest BCUT2D eigenvalue weighted by atomic mass is 16.5. The van der Waals surface area contributed by atoms with Crippen molar-refractivity contribution in [3.05, 3.63) is 285 Å². The molecule has 0 unspecified atom stereocenters. The number of benzene rings is 16. The Morgan fingerprint density at radius 3 is 0.625 bits per heavy atom. The third-order valence-electron chi connectivity index (χ3n) is 24.6. The number of hydrogen-bond acceptors (Lipinski definition) is 16. The van der Waals surface area contributed by atoms with Crippen molar-refractivity contribution in [2.45, 2.75) is 77.5 Å². The summed E-state index contributed by atoms with van der Waals surface area (Å²) >= 11 is 0. The van der Waals surface area contributed by atoms with Gasteiger partial charge in [-0.05, 0) is 192 Å². The van der Waals surface area contributed by atoms with Crippen LogP contribution in [0.1, 0.15) is 156 Å². The van der Waals surface area contributed by atoms with Crippen molar-refractivity contribution in [1.82, 2.24) is 19.6 Å². The molecule has 0 fully saturated rings. The highest BCUT2D eigenvalue weighted by molar-refractivity contribution is 6.45. The van der Waals surface area contributed by atoms with Gasteiger partial charge in [-0.15, -0.1) is 0 Å². The van der Waals surface area contributed by atoms with Crippen LogP contribution in [0.5, 0.6) is 69.0 Å². The SMILES string of the molecule is O=C1c2ccc3c4c5cc6c7c8ccc(c9c(cc(c2c39)C(=O)N1Cc1ccc(cc1)CN1C(=O)c2ccc3c9c%10cc%11c%12c(ccc(c%13c(cc(c2c3%13)C1=O)Oc1cccc(c1)OCCCCCCOc1cccc(c1)O%10)c%129)C(=O)N(Cc1ccc(cc1)CN(C8=O)C6=O)C%11=O)Oc1cccc(c1)OCCCCCCOc1cccc(c1)O5)c74. The summed E-state index contributed by atoms with van der Waals surface area (Å²) < 4.78 is 53.8.